The van der Waals surface area contributed by atoms with Crippen LogP contribution in [-0.2, 0) is 11.2 Å². The van der Waals surface area contributed by atoms with Crippen LogP contribution in [0.5, 0.6) is 0 Å². The maximum absolute atomic E-state index is 12.1. The third-order valence-corrected chi connectivity index (χ3v) is 3.22. The lowest BCUT2D eigenvalue weighted by Gasteiger charge is -2.08. The van der Waals surface area contributed by atoms with Gasteiger partial charge in [-0.05, 0) is 26.3 Å². The minimum Gasteiger partial charge on any atom is -0.361 e. The molecule has 0 bridgehead atoms. The Labute approximate surface area is 121 Å². The van der Waals surface area contributed by atoms with E-state index < -0.39 is 4.92 Å². The second kappa shape index (κ2) is 5.74. The van der Waals surface area contributed by atoms with Gasteiger partial charge in [0.15, 0.2) is 0 Å². The quantitative estimate of drug-likeness (QED) is 0.689. The average molecular weight is 289 g/mol. The molecule has 0 saturated heterocycles. The molecule has 0 unspecified atom stereocenters. The molecule has 1 amide bonds. The van der Waals surface area contributed by atoms with Gasteiger partial charge in [-0.15, -0.1) is 0 Å². The maximum atomic E-state index is 12.1. The fraction of sp³-hybridized carbons (Fsp3) is 0.286. The van der Waals surface area contributed by atoms with E-state index in [1.165, 1.54) is 12.1 Å². The Hall–Kier alpha value is -2.70. The summed E-state index contributed by atoms with van der Waals surface area (Å²) in [5.74, 6) is 0.325. The minimum atomic E-state index is -0.497. The first kappa shape index (κ1) is 14.7. The predicted molar refractivity (Wildman–Crippen MR) is 76.1 cm³/mol. The number of nitrogens with zero attached hydrogens (tertiary/aromatic N) is 2. The van der Waals surface area contributed by atoms with Gasteiger partial charge in [-0.25, -0.2) is 0 Å². The number of rotatable bonds is 4. The zero-order valence-electron chi connectivity index (χ0n) is 12.0. The van der Waals surface area contributed by atoms with Crippen LogP contribution in [0.25, 0.3) is 0 Å². The van der Waals surface area contributed by atoms with Gasteiger partial charge in [-0.3, -0.25) is 14.9 Å². The van der Waals surface area contributed by atoms with Gasteiger partial charge in [0.25, 0.3) is 5.69 Å². The van der Waals surface area contributed by atoms with Gasteiger partial charge in [0.05, 0.1) is 22.7 Å². The van der Waals surface area contributed by atoms with Crippen molar-refractivity contribution in [1.29, 1.82) is 0 Å². The van der Waals surface area contributed by atoms with Crippen molar-refractivity contribution in [3.8, 4) is 0 Å². The Balaban J connectivity index is 2.16. The van der Waals surface area contributed by atoms with E-state index in [0.29, 0.717) is 17.1 Å². The summed E-state index contributed by atoms with van der Waals surface area (Å²) in [7, 11) is 0. The number of nitro benzene ring substituents is 1. The van der Waals surface area contributed by atoms with Crippen molar-refractivity contribution in [2.75, 3.05) is 5.32 Å². The van der Waals surface area contributed by atoms with Gasteiger partial charge in [-0.1, -0.05) is 11.2 Å². The van der Waals surface area contributed by atoms with Crippen LogP contribution in [0.1, 0.15) is 22.6 Å². The molecular formula is C14H15N3O4. The van der Waals surface area contributed by atoms with Crippen molar-refractivity contribution >= 4 is 17.3 Å². The summed E-state index contributed by atoms with van der Waals surface area (Å²) in [4.78, 5) is 22.3. The number of non-ortho nitro benzene ring substituents is 1. The van der Waals surface area contributed by atoms with E-state index >= 15 is 0 Å². The fourth-order valence-electron chi connectivity index (χ4n) is 1.97. The van der Waals surface area contributed by atoms with Crippen molar-refractivity contribution in [1.82, 2.24) is 5.16 Å². The van der Waals surface area contributed by atoms with Crippen LogP contribution in [0, 0.1) is 30.9 Å². The van der Waals surface area contributed by atoms with Crippen molar-refractivity contribution in [2.45, 2.75) is 27.2 Å². The summed E-state index contributed by atoms with van der Waals surface area (Å²) < 4.78 is 5.00. The van der Waals surface area contributed by atoms with Crippen LogP contribution in [-0.4, -0.2) is 16.0 Å². The summed E-state index contributed by atoms with van der Waals surface area (Å²) in [5, 5.41) is 17.2. The Morgan fingerprint density at radius 2 is 2.10 bits per heavy atom. The van der Waals surface area contributed by atoms with Crippen LogP contribution >= 0.6 is 0 Å². The molecule has 0 aliphatic rings. The fourth-order valence-corrected chi connectivity index (χ4v) is 1.97. The summed E-state index contributed by atoms with van der Waals surface area (Å²) in [5.41, 5.74) is 2.52. The molecule has 7 heteroatoms. The molecule has 1 aromatic heterocycles. The van der Waals surface area contributed by atoms with E-state index in [-0.39, 0.29) is 18.0 Å². The van der Waals surface area contributed by atoms with Crippen molar-refractivity contribution in [3.05, 3.63) is 50.9 Å². The predicted octanol–water partition coefficient (Wildman–Crippen LogP) is 2.69. The number of nitro groups is 1. The number of hydrogen-bond acceptors (Lipinski definition) is 5. The molecule has 1 N–H and O–H groups in total. The number of aryl methyl sites for hydroxylation is 3. The highest BCUT2D eigenvalue weighted by molar-refractivity contribution is 5.93. The van der Waals surface area contributed by atoms with Crippen LogP contribution < -0.4 is 5.32 Å². The van der Waals surface area contributed by atoms with Crippen LogP contribution in [0.2, 0.25) is 0 Å². The molecule has 0 saturated carbocycles. The van der Waals surface area contributed by atoms with E-state index in [9.17, 15) is 14.9 Å². The third-order valence-electron chi connectivity index (χ3n) is 3.22. The molecule has 0 aliphatic carbocycles. The van der Waals surface area contributed by atoms with Crippen LogP contribution in [0.15, 0.2) is 22.7 Å². The molecule has 1 heterocycles. The molecule has 0 fully saturated rings. The first-order valence-corrected chi connectivity index (χ1v) is 6.35. The maximum Gasteiger partial charge on any atom is 0.271 e. The Morgan fingerprint density at radius 1 is 1.38 bits per heavy atom. The van der Waals surface area contributed by atoms with E-state index in [1.807, 2.05) is 0 Å². The number of anilines is 1. The monoisotopic (exact) mass is 289 g/mol. The molecule has 0 aliphatic heterocycles. The van der Waals surface area contributed by atoms with E-state index in [1.54, 1.807) is 26.8 Å². The first-order chi connectivity index (χ1) is 9.88. The Morgan fingerprint density at radius 3 is 2.67 bits per heavy atom. The normalized spacial score (nSPS) is 10.4. The van der Waals surface area contributed by atoms with Gasteiger partial charge < -0.3 is 9.84 Å². The molecule has 1 aromatic carbocycles. The van der Waals surface area contributed by atoms with E-state index in [2.05, 4.69) is 10.5 Å². The lowest BCUT2D eigenvalue weighted by molar-refractivity contribution is -0.384. The van der Waals surface area contributed by atoms with Gasteiger partial charge in [-0.2, -0.15) is 0 Å². The number of hydrogen-bond donors (Lipinski definition) is 1. The van der Waals surface area contributed by atoms with Gasteiger partial charge in [0.2, 0.25) is 5.91 Å². The molecule has 21 heavy (non-hydrogen) atoms. The molecule has 0 atom stereocenters. The zero-order valence-corrected chi connectivity index (χ0v) is 12.0. The van der Waals surface area contributed by atoms with Crippen molar-refractivity contribution < 1.29 is 14.2 Å². The highest BCUT2D eigenvalue weighted by Crippen LogP contribution is 2.22. The van der Waals surface area contributed by atoms with E-state index in [4.69, 9.17) is 4.52 Å². The van der Waals surface area contributed by atoms with Crippen molar-refractivity contribution in [3.63, 3.8) is 0 Å². The SMILES string of the molecule is Cc1ccc([N+](=O)[O-])cc1NC(=O)Cc1c(C)noc1C. The lowest BCUT2D eigenvalue weighted by atomic mass is 10.1. The van der Waals surface area contributed by atoms with Gasteiger partial charge in [0.1, 0.15) is 5.76 Å². The Kier molecular flexibility index (Phi) is 4.02. The number of benzene rings is 1. The molecule has 7 nitrogen and oxygen atoms in total. The average Bonchev–Trinajstić information content (AvgIpc) is 2.73. The molecular weight excluding hydrogens is 274 g/mol. The number of amides is 1. The second-order valence-corrected chi connectivity index (χ2v) is 4.78. The number of carbonyl (C=O) groups is 1. The summed E-state index contributed by atoms with van der Waals surface area (Å²) in [6, 6.07) is 4.35. The van der Waals surface area contributed by atoms with Crippen LogP contribution in [0.3, 0.4) is 0 Å². The first-order valence-electron chi connectivity index (χ1n) is 6.35. The second-order valence-electron chi connectivity index (χ2n) is 4.78. The standard InChI is InChI=1S/C14H15N3O4/c1-8-4-5-11(17(19)20)6-13(8)15-14(18)7-12-9(2)16-21-10(12)3/h4-6H,7H2,1-3H3,(H,15,18). The van der Waals surface area contributed by atoms with Gasteiger partial charge >= 0.3 is 0 Å². The topological polar surface area (TPSA) is 98.3 Å². The molecule has 2 rings (SSSR count). The molecule has 2 aromatic rings. The third kappa shape index (κ3) is 3.25. The molecule has 110 valence electrons. The largest absolute Gasteiger partial charge is 0.361 e. The Bertz CT molecular complexity index is 687. The number of nitrogens with one attached hydrogen (secondary N) is 1. The molecule has 0 spiro atoms. The van der Waals surface area contributed by atoms with Crippen molar-refractivity contribution in [2.24, 2.45) is 0 Å². The van der Waals surface area contributed by atoms with E-state index in [0.717, 1.165) is 11.1 Å². The highest BCUT2D eigenvalue weighted by Gasteiger charge is 2.15. The smallest absolute Gasteiger partial charge is 0.271 e. The summed E-state index contributed by atoms with van der Waals surface area (Å²) >= 11 is 0. The highest BCUT2D eigenvalue weighted by atomic mass is 16.6. The van der Waals surface area contributed by atoms with Gasteiger partial charge in [0, 0.05) is 17.7 Å². The summed E-state index contributed by atoms with van der Waals surface area (Å²) in [6.07, 6.45) is 0.114. The number of aromatic nitrogens is 1. The lowest BCUT2D eigenvalue weighted by Crippen LogP contribution is -2.16. The summed E-state index contributed by atoms with van der Waals surface area (Å²) in [6.45, 7) is 5.27. The number of carbonyl (C=O) groups excluding carboxylic acids is 1. The minimum absolute atomic E-state index is 0.0618. The zero-order chi connectivity index (χ0) is 15.6. The molecule has 0 radical (unpaired) electrons. The van der Waals surface area contributed by atoms with Crippen LogP contribution in [0.4, 0.5) is 11.4 Å².